The van der Waals surface area contributed by atoms with Crippen LogP contribution < -0.4 is 10.6 Å². The Labute approximate surface area is 160 Å². The largest absolute Gasteiger partial charge is 0.352 e. The maximum Gasteiger partial charge on any atom is 0.194 e. The van der Waals surface area contributed by atoms with Crippen LogP contribution in [0.5, 0.6) is 0 Å². The lowest BCUT2D eigenvalue weighted by Crippen LogP contribution is -2.35. The first-order chi connectivity index (χ1) is 13.6. The molecule has 0 aliphatic carbocycles. The second-order valence-electron chi connectivity index (χ2n) is 6.59. The number of halogens is 3. The topological polar surface area (TPSA) is 36.4 Å². The second-order valence-corrected chi connectivity index (χ2v) is 6.59. The molecule has 0 fully saturated rings. The minimum atomic E-state index is -1.46. The van der Waals surface area contributed by atoms with E-state index >= 15 is 0 Å². The van der Waals surface area contributed by atoms with Crippen LogP contribution in [0.25, 0.3) is 0 Å². The summed E-state index contributed by atoms with van der Waals surface area (Å²) in [5.74, 6) is -3.36. The van der Waals surface area contributed by atoms with Crippen molar-refractivity contribution in [2.45, 2.75) is 18.6 Å². The van der Waals surface area contributed by atoms with Crippen LogP contribution in [-0.2, 0) is 6.54 Å². The van der Waals surface area contributed by atoms with Crippen molar-refractivity contribution in [3.63, 3.8) is 0 Å². The van der Waals surface area contributed by atoms with E-state index < -0.39 is 17.5 Å². The molecule has 28 heavy (non-hydrogen) atoms. The first kappa shape index (κ1) is 18.1. The molecule has 0 aromatic heterocycles. The maximum atomic E-state index is 13.4. The summed E-state index contributed by atoms with van der Waals surface area (Å²) in [6.07, 6.45) is 0. The Morgan fingerprint density at radius 1 is 0.821 bits per heavy atom. The molecule has 1 heterocycles. The van der Waals surface area contributed by atoms with Crippen molar-refractivity contribution in [3.05, 3.63) is 107 Å². The Hall–Kier alpha value is -3.28. The molecule has 3 nitrogen and oxygen atoms in total. The maximum absolute atomic E-state index is 13.4. The molecule has 1 aliphatic heterocycles. The summed E-state index contributed by atoms with van der Waals surface area (Å²) in [5.41, 5.74) is 2.43. The Morgan fingerprint density at radius 2 is 1.39 bits per heavy atom. The number of rotatable bonds is 4. The number of guanidine groups is 1. The van der Waals surface area contributed by atoms with Crippen LogP contribution in [0.4, 0.5) is 13.2 Å². The highest BCUT2D eigenvalue weighted by molar-refractivity contribution is 5.82. The minimum absolute atomic E-state index is 0.0761. The first-order valence-corrected chi connectivity index (χ1v) is 8.93. The average molecular weight is 381 g/mol. The summed E-state index contributed by atoms with van der Waals surface area (Å²) < 4.78 is 40.0. The molecule has 1 aliphatic rings. The Morgan fingerprint density at radius 3 is 2.00 bits per heavy atom. The molecule has 0 saturated heterocycles. The zero-order chi connectivity index (χ0) is 19.5. The standard InChI is InChI=1S/C22H18F3N3/c23-17-11-14(12-18(24)19(17)25)13-26-22-27-20(15-7-3-1-4-8-15)21(28-22)16-9-5-2-6-10-16/h1-12,20-21H,13H2,(H2,26,27,28)/t20-,21+. The highest BCUT2D eigenvalue weighted by atomic mass is 19.2. The summed E-state index contributed by atoms with van der Waals surface area (Å²) in [7, 11) is 0. The van der Waals surface area contributed by atoms with Gasteiger partial charge in [0.05, 0.1) is 6.04 Å². The molecule has 3 aromatic carbocycles. The van der Waals surface area contributed by atoms with Crippen molar-refractivity contribution in [2.75, 3.05) is 0 Å². The van der Waals surface area contributed by atoms with E-state index in [1.807, 2.05) is 60.7 Å². The van der Waals surface area contributed by atoms with Gasteiger partial charge >= 0.3 is 0 Å². The first-order valence-electron chi connectivity index (χ1n) is 8.93. The number of hydrogen-bond donors (Lipinski definition) is 2. The molecule has 0 radical (unpaired) electrons. The van der Waals surface area contributed by atoms with E-state index in [9.17, 15) is 13.2 Å². The number of nitrogens with zero attached hydrogens (tertiary/aromatic N) is 1. The summed E-state index contributed by atoms with van der Waals surface area (Å²) in [5, 5.41) is 6.40. The van der Waals surface area contributed by atoms with E-state index in [2.05, 4.69) is 10.6 Å². The molecule has 0 saturated carbocycles. The zero-order valence-electron chi connectivity index (χ0n) is 14.9. The van der Waals surface area contributed by atoms with Crippen LogP contribution >= 0.6 is 0 Å². The summed E-state index contributed by atoms with van der Waals surface area (Å²) in [6.45, 7) is 0.114. The van der Waals surface area contributed by atoms with Crippen molar-refractivity contribution < 1.29 is 13.2 Å². The molecule has 0 amide bonds. The van der Waals surface area contributed by atoms with Crippen LogP contribution in [0.2, 0.25) is 0 Å². The predicted molar refractivity (Wildman–Crippen MR) is 102 cm³/mol. The zero-order valence-corrected chi connectivity index (χ0v) is 14.9. The highest BCUT2D eigenvalue weighted by Crippen LogP contribution is 2.35. The fourth-order valence-electron chi connectivity index (χ4n) is 3.31. The van der Waals surface area contributed by atoms with E-state index in [1.165, 1.54) is 0 Å². The summed E-state index contributed by atoms with van der Waals surface area (Å²) in [6, 6.07) is 21.6. The normalized spacial score (nSPS) is 18.5. The van der Waals surface area contributed by atoms with Gasteiger partial charge in [-0.3, -0.25) is 0 Å². The van der Waals surface area contributed by atoms with Gasteiger partial charge in [0.1, 0.15) is 6.04 Å². The van der Waals surface area contributed by atoms with Gasteiger partial charge in [-0.25, -0.2) is 18.2 Å². The molecule has 0 spiro atoms. The van der Waals surface area contributed by atoms with Crippen molar-refractivity contribution in [2.24, 2.45) is 4.99 Å². The molecule has 4 rings (SSSR count). The number of nitrogens with one attached hydrogen (secondary N) is 2. The summed E-state index contributed by atoms with van der Waals surface area (Å²) >= 11 is 0. The van der Waals surface area contributed by atoms with Gasteiger partial charge < -0.3 is 10.6 Å². The monoisotopic (exact) mass is 381 g/mol. The molecular formula is C22H18F3N3. The van der Waals surface area contributed by atoms with E-state index in [-0.39, 0.29) is 18.6 Å². The van der Waals surface area contributed by atoms with Crippen LogP contribution in [0, 0.1) is 17.5 Å². The highest BCUT2D eigenvalue weighted by Gasteiger charge is 2.31. The van der Waals surface area contributed by atoms with E-state index in [4.69, 9.17) is 4.99 Å². The van der Waals surface area contributed by atoms with Gasteiger partial charge in [0.25, 0.3) is 0 Å². The van der Waals surface area contributed by atoms with Crippen molar-refractivity contribution in [1.29, 1.82) is 0 Å². The molecule has 2 N–H and O–H groups in total. The summed E-state index contributed by atoms with van der Waals surface area (Å²) in [4.78, 5) is 4.73. The Kier molecular flexibility index (Phi) is 5.02. The molecule has 0 unspecified atom stereocenters. The molecule has 0 bridgehead atoms. The molecule has 2 atom stereocenters. The Bertz CT molecular complexity index is 967. The van der Waals surface area contributed by atoms with Gasteiger partial charge in [-0.1, -0.05) is 60.7 Å². The third-order valence-corrected chi connectivity index (χ3v) is 4.68. The van der Waals surface area contributed by atoms with Crippen molar-refractivity contribution in [1.82, 2.24) is 10.6 Å². The quantitative estimate of drug-likeness (QED) is 0.646. The van der Waals surface area contributed by atoms with Gasteiger partial charge in [-0.15, -0.1) is 0 Å². The number of hydrogen-bond acceptors (Lipinski definition) is 3. The molecule has 6 heteroatoms. The third-order valence-electron chi connectivity index (χ3n) is 4.68. The van der Waals surface area contributed by atoms with Gasteiger partial charge in [0.15, 0.2) is 23.4 Å². The van der Waals surface area contributed by atoms with Gasteiger partial charge in [-0.05, 0) is 28.8 Å². The fourth-order valence-corrected chi connectivity index (χ4v) is 3.31. The lowest BCUT2D eigenvalue weighted by atomic mass is 9.95. The SMILES string of the molecule is Fc1cc(CNC2=N[C@@H](c3ccccc3)[C@@H](c3ccccc3)N2)cc(F)c1F. The van der Waals surface area contributed by atoms with Crippen LogP contribution in [0.15, 0.2) is 77.8 Å². The van der Waals surface area contributed by atoms with E-state index in [0.717, 1.165) is 23.3 Å². The molecular weight excluding hydrogens is 363 g/mol. The molecule has 142 valence electrons. The lowest BCUT2D eigenvalue weighted by molar-refractivity contribution is 0.445. The Balaban J connectivity index is 1.56. The van der Waals surface area contributed by atoms with Gasteiger partial charge in [0.2, 0.25) is 0 Å². The molecule has 3 aromatic rings. The van der Waals surface area contributed by atoms with Crippen LogP contribution in [0.3, 0.4) is 0 Å². The predicted octanol–water partition coefficient (Wildman–Crippen LogP) is 4.64. The van der Waals surface area contributed by atoms with E-state index in [0.29, 0.717) is 11.5 Å². The van der Waals surface area contributed by atoms with Crippen LogP contribution in [-0.4, -0.2) is 5.96 Å². The fraction of sp³-hybridized carbons (Fsp3) is 0.136. The van der Waals surface area contributed by atoms with Gasteiger partial charge in [0, 0.05) is 6.54 Å². The van der Waals surface area contributed by atoms with Crippen molar-refractivity contribution in [3.8, 4) is 0 Å². The number of aliphatic imine (C=N–C) groups is 1. The van der Waals surface area contributed by atoms with Crippen molar-refractivity contribution >= 4 is 5.96 Å². The lowest BCUT2D eigenvalue weighted by Gasteiger charge is -2.19. The van der Waals surface area contributed by atoms with E-state index in [1.54, 1.807) is 0 Å². The van der Waals surface area contributed by atoms with Crippen LogP contribution in [0.1, 0.15) is 28.8 Å². The average Bonchev–Trinajstić information content (AvgIpc) is 3.16. The minimum Gasteiger partial charge on any atom is -0.352 e. The number of benzene rings is 3. The van der Waals surface area contributed by atoms with Gasteiger partial charge in [-0.2, -0.15) is 0 Å². The smallest absolute Gasteiger partial charge is 0.194 e. The third kappa shape index (κ3) is 3.71. The second kappa shape index (κ2) is 7.76.